The minimum absolute atomic E-state index is 0.475. The van der Waals surface area contributed by atoms with Crippen molar-refractivity contribution in [2.24, 2.45) is 0 Å². The summed E-state index contributed by atoms with van der Waals surface area (Å²) in [6.45, 7) is 0. The van der Waals surface area contributed by atoms with Gasteiger partial charge in [0.05, 0.1) is 9.85 Å². The second kappa shape index (κ2) is 3.64. The van der Waals surface area contributed by atoms with Crippen LogP contribution < -0.4 is 0 Å². The van der Waals surface area contributed by atoms with E-state index in [1.807, 2.05) is 22.6 Å². The molecule has 68 valence electrons. The lowest BCUT2D eigenvalue weighted by molar-refractivity contribution is -0.422. The Kier molecular flexibility index (Phi) is 2.76. The Morgan fingerprint density at radius 1 is 1.08 bits per heavy atom. The molecule has 0 saturated carbocycles. The summed E-state index contributed by atoms with van der Waals surface area (Å²) in [7, 11) is 0. The van der Waals surface area contributed by atoms with Gasteiger partial charge in [-0.05, 0) is 28.7 Å². The highest BCUT2D eigenvalue weighted by Gasteiger charge is 2.23. The van der Waals surface area contributed by atoms with Crippen LogP contribution in [0.25, 0.3) is 0 Å². The van der Waals surface area contributed by atoms with E-state index in [1.165, 1.54) is 12.1 Å². The highest BCUT2D eigenvalue weighted by Crippen LogP contribution is 2.27. The van der Waals surface area contributed by atoms with Gasteiger partial charge in [-0.25, -0.2) is 0 Å². The van der Waals surface area contributed by atoms with Gasteiger partial charge in [0, 0.05) is 15.7 Å². The van der Waals surface area contributed by atoms with Crippen molar-refractivity contribution in [1.29, 1.82) is 0 Å². The number of hydrogen-bond acceptors (Lipinski definition) is 4. The molecule has 0 unspecified atom stereocenters. The van der Waals surface area contributed by atoms with E-state index in [1.54, 1.807) is 0 Å². The van der Waals surface area contributed by atoms with Gasteiger partial charge < -0.3 is 0 Å². The average molecular weight is 294 g/mol. The smallest absolute Gasteiger partial charge is 0.258 e. The minimum atomic E-state index is -0.770. The SMILES string of the molecule is O=[N+]([O-])c1ccc(I)cc1[N+](=O)[O-]. The molecular formula is C6H3IN2O4. The van der Waals surface area contributed by atoms with Gasteiger partial charge in [-0.3, -0.25) is 20.2 Å². The summed E-state index contributed by atoms with van der Waals surface area (Å²) < 4.78 is 0.593. The molecule has 0 radical (unpaired) electrons. The monoisotopic (exact) mass is 294 g/mol. The predicted octanol–water partition coefficient (Wildman–Crippen LogP) is 2.11. The number of nitro groups is 2. The number of rotatable bonds is 2. The van der Waals surface area contributed by atoms with Crippen LogP contribution in [0, 0.1) is 23.8 Å². The van der Waals surface area contributed by atoms with Gasteiger partial charge in [-0.1, -0.05) is 0 Å². The van der Waals surface area contributed by atoms with Gasteiger partial charge in [0.2, 0.25) is 0 Å². The summed E-state index contributed by atoms with van der Waals surface area (Å²) in [4.78, 5) is 19.2. The van der Waals surface area contributed by atoms with Gasteiger partial charge in [-0.2, -0.15) is 0 Å². The van der Waals surface area contributed by atoms with Crippen molar-refractivity contribution < 1.29 is 9.85 Å². The molecule has 1 rings (SSSR count). The molecule has 1 aromatic rings. The van der Waals surface area contributed by atoms with E-state index in [9.17, 15) is 20.2 Å². The van der Waals surface area contributed by atoms with Crippen LogP contribution in [0.2, 0.25) is 0 Å². The van der Waals surface area contributed by atoms with E-state index >= 15 is 0 Å². The van der Waals surface area contributed by atoms with Crippen LogP contribution in [0.15, 0.2) is 18.2 Å². The first-order valence-corrected chi connectivity index (χ1v) is 4.18. The first-order valence-electron chi connectivity index (χ1n) is 3.10. The summed E-state index contributed by atoms with van der Waals surface area (Å²) in [6.07, 6.45) is 0. The van der Waals surface area contributed by atoms with E-state index in [2.05, 4.69) is 0 Å². The van der Waals surface area contributed by atoms with Crippen molar-refractivity contribution in [3.63, 3.8) is 0 Å². The number of nitrogens with zero attached hydrogens (tertiary/aromatic N) is 2. The Morgan fingerprint density at radius 2 is 1.62 bits per heavy atom. The molecule has 0 spiro atoms. The second-order valence-corrected chi connectivity index (χ2v) is 3.39. The van der Waals surface area contributed by atoms with Crippen LogP contribution in [0.1, 0.15) is 0 Å². The Balaban J connectivity index is 3.35. The maximum atomic E-state index is 10.4. The molecular weight excluding hydrogens is 291 g/mol. The van der Waals surface area contributed by atoms with Gasteiger partial charge in [-0.15, -0.1) is 0 Å². The molecule has 0 aliphatic carbocycles. The Morgan fingerprint density at radius 3 is 2.08 bits per heavy atom. The van der Waals surface area contributed by atoms with E-state index in [-0.39, 0.29) is 0 Å². The maximum Gasteiger partial charge on any atom is 0.347 e. The first-order chi connectivity index (χ1) is 6.02. The third-order valence-electron chi connectivity index (χ3n) is 1.33. The lowest BCUT2D eigenvalue weighted by Crippen LogP contribution is -1.96. The van der Waals surface area contributed by atoms with Crippen molar-refractivity contribution >= 4 is 34.0 Å². The average Bonchev–Trinajstić information content (AvgIpc) is 2.03. The Hall–Kier alpha value is -1.25. The molecule has 0 amide bonds. The fourth-order valence-electron chi connectivity index (χ4n) is 0.797. The predicted molar refractivity (Wildman–Crippen MR) is 52.5 cm³/mol. The van der Waals surface area contributed by atoms with Gasteiger partial charge in [0.25, 0.3) is 0 Å². The van der Waals surface area contributed by atoms with Crippen molar-refractivity contribution in [3.8, 4) is 0 Å². The third kappa shape index (κ3) is 2.11. The molecule has 0 N–H and O–H groups in total. The molecule has 0 fully saturated rings. The molecule has 13 heavy (non-hydrogen) atoms. The summed E-state index contributed by atoms with van der Waals surface area (Å²) in [5, 5.41) is 20.7. The normalized spacial score (nSPS) is 9.62. The zero-order valence-corrected chi connectivity index (χ0v) is 8.29. The van der Waals surface area contributed by atoms with E-state index < -0.39 is 21.2 Å². The zero-order chi connectivity index (χ0) is 10.0. The Bertz CT molecular complexity index is 379. The lowest BCUT2D eigenvalue weighted by atomic mass is 10.3. The molecule has 7 heteroatoms. The summed E-state index contributed by atoms with van der Waals surface area (Å²) in [5.41, 5.74) is -0.956. The quantitative estimate of drug-likeness (QED) is 0.475. The van der Waals surface area contributed by atoms with Crippen LogP contribution >= 0.6 is 22.6 Å². The van der Waals surface area contributed by atoms with Crippen molar-refractivity contribution in [2.45, 2.75) is 0 Å². The van der Waals surface area contributed by atoms with Crippen molar-refractivity contribution in [3.05, 3.63) is 42.0 Å². The fraction of sp³-hybridized carbons (Fsp3) is 0. The van der Waals surface area contributed by atoms with Gasteiger partial charge in [0.1, 0.15) is 0 Å². The number of nitro benzene ring substituents is 2. The summed E-state index contributed by atoms with van der Waals surface area (Å²) >= 11 is 1.85. The molecule has 0 bridgehead atoms. The van der Waals surface area contributed by atoms with Crippen LogP contribution in [0.3, 0.4) is 0 Å². The van der Waals surface area contributed by atoms with Gasteiger partial charge >= 0.3 is 11.4 Å². The van der Waals surface area contributed by atoms with Crippen LogP contribution in [-0.2, 0) is 0 Å². The highest BCUT2D eigenvalue weighted by atomic mass is 127. The summed E-state index contributed by atoms with van der Waals surface area (Å²) in [6, 6.07) is 3.74. The molecule has 0 heterocycles. The standard InChI is InChI=1S/C6H3IN2O4/c7-4-1-2-5(8(10)11)6(3-4)9(12)13/h1-3H. The fourth-order valence-corrected chi connectivity index (χ4v) is 1.27. The number of hydrogen-bond donors (Lipinski definition) is 0. The largest absolute Gasteiger partial charge is 0.347 e. The third-order valence-corrected chi connectivity index (χ3v) is 2.00. The molecule has 0 aromatic heterocycles. The molecule has 1 aromatic carbocycles. The van der Waals surface area contributed by atoms with Crippen molar-refractivity contribution in [2.75, 3.05) is 0 Å². The van der Waals surface area contributed by atoms with Crippen LogP contribution in [0.4, 0.5) is 11.4 Å². The topological polar surface area (TPSA) is 86.3 Å². The number of halogens is 1. The highest BCUT2D eigenvalue weighted by molar-refractivity contribution is 14.1. The second-order valence-electron chi connectivity index (χ2n) is 2.15. The van der Waals surface area contributed by atoms with E-state index in [0.717, 1.165) is 6.07 Å². The number of benzene rings is 1. The van der Waals surface area contributed by atoms with Crippen LogP contribution in [0.5, 0.6) is 0 Å². The molecule has 0 aliphatic heterocycles. The maximum absolute atomic E-state index is 10.4. The van der Waals surface area contributed by atoms with Crippen LogP contribution in [-0.4, -0.2) is 9.85 Å². The Labute approximate surface area is 86.0 Å². The van der Waals surface area contributed by atoms with E-state index in [4.69, 9.17) is 0 Å². The lowest BCUT2D eigenvalue weighted by Gasteiger charge is -1.94. The summed E-state index contributed by atoms with van der Waals surface area (Å²) in [5.74, 6) is 0. The van der Waals surface area contributed by atoms with Gasteiger partial charge in [0.15, 0.2) is 0 Å². The first kappa shape index (κ1) is 9.84. The molecule has 0 saturated heterocycles. The zero-order valence-electron chi connectivity index (χ0n) is 6.14. The van der Waals surface area contributed by atoms with Crippen molar-refractivity contribution in [1.82, 2.24) is 0 Å². The van der Waals surface area contributed by atoms with E-state index in [0.29, 0.717) is 3.57 Å². The molecule has 0 atom stereocenters. The minimum Gasteiger partial charge on any atom is -0.258 e. The molecule has 0 aliphatic rings. The molecule has 6 nitrogen and oxygen atoms in total.